The van der Waals surface area contributed by atoms with E-state index in [0.29, 0.717) is 12.4 Å². The zero-order valence-corrected chi connectivity index (χ0v) is 11.2. The van der Waals surface area contributed by atoms with Gasteiger partial charge in [-0.3, -0.25) is 0 Å². The Bertz CT molecular complexity index is 427. The quantitative estimate of drug-likeness (QED) is 0.756. The van der Waals surface area contributed by atoms with Crippen molar-refractivity contribution in [2.45, 2.75) is 51.6 Å². The third kappa shape index (κ3) is 2.72. The average molecular weight is 250 g/mol. The fourth-order valence-corrected chi connectivity index (χ4v) is 2.37. The molecule has 4 N–H and O–H groups in total. The molecule has 0 atom stereocenters. The molecule has 100 valence electrons. The molecule has 18 heavy (non-hydrogen) atoms. The maximum atomic E-state index is 10.3. The topological polar surface area (TPSA) is 84.1 Å². The molecule has 1 aliphatic rings. The Morgan fingerprint density at radius 3 is 2.61 bits per heavy atom. The summed E-state index contributed by atoms with van der Waals surface area (Å²) in [6, 6.07) is 0. The second-order valence-corrected chi connectivity index (χ2v) is 5.14. The molecule has 5 heteroatoms. The van der Waals surface area contributed by atoms with Crippen LogP contribution in [-0.2, 0) is 6.42 Å². The molecule has 1 aliphatic carbocycles. The monoisotopic (exact) mass is 250 g/mol. The number of aliphatic hydroxyl groups is 1. The molecule has 1 heterocycles. The average Bonchev–Trinajstić information content (AvgIpc) is 2.78. The summed E-state index contributed by atoms with van der Waals surface area (Å²) in [5.74, 6) is 2.00. The highest BCUT2D eigenvalue weighted by Crippen LogP contribution is 2.30. The normalized spacial score (nSPS) is 17.9. The van der Waals surface area contributed by atoms with Gasteiger partial charge in [0.05, 0.1) is 5.60 Å². The Labute approximate surface area is 108 Å². The van der Waals surface area contributed by atoms with Crippen molar-refractivity contribution in [1.29, 1.82) is 0 Å². The van der Waals surface area contributed by atoms with Gasteiger partial charge in [-0.15, -0.1) is 0 Å². The van der Waals surface area contributed by atoms with Crippen molar-refractivity contribution in [2.24, 2.45) is 0 Å². The van der Waals surface area contributed by atoms with E-state index >= 15 is 0 Å². The summed E-state index contributed by atoms with van der Waals surface area (Å²) in [5.41, 5.74) is 6.13. The van der Waals surface area contributed by atoms with Gasteiger partial charge in [-0.2, -0.15) is 0 Å². The minimum Gasteiger partial charge on any atom is -0.388 e. The summed E-state index contributed by atoms with van der Waals surface area (Å²) in [6.45, 7) is 4.43. The minimum absolute atomic E-state index is 0.516. The highest BCUT2D eigenvalue weighted by molar-refractivity contribution is 5.54. The Morgan fingerprint density at radius 2 is 2.00 bits per heavy atom. The SMILES string of the molecule is CCc1nc(N)c(C)c(NCC2(O)CCCC2)n1. The Morgan fingerprint density at radius 1 is 1.33 bits per heavy atom. The van der Waals surface area contributed by atoms with Crippen LogP contribution in [-0.4, -0.2) is 27.2 Å². The van der Waals surface area contributed by atoms with Crippen LogP contribution in [0.15, 0.2) is 0 Å². The first-order valence-electron chi connectivity index (χ1n) is 6.63. The van der Waals surface area contributed by atoms with Crippen LogP contribution >= 0.6 is 0 Å². The van der Waals surface area contributed by atoms with Gasteiger partial charge in [-0.25, -0.2) is 9.97 Å². The first-order valence-corrected chi connectivity index (χ1v) is 6.63. The molecule has 1 aromatic heterocycles. The zero-order valence-electron chi connectivity index (χ0n) is 11.2. The Kier molecular flexibility index (Phi) is 3.71. The smallest absolute Gasteiger partial charge is 0.134 e. The first-order chi connectivity index (χ1) is 8.54. The lowest BCUT2D eigenvalue weighted by Gasteiger charge is -2.23. The number of aryl methyl sites for hydroxylation is 1. The largest absolute Gasteiger partial charge is 0.388 e. The highest BCUT2D eigenvalue weighted by Gasteiger charge is 2.31. The Balaban J connectivity index is 2.11. The molecule has 0 aliphatic heterocycles. The van der Waals surface area contributed by atoms with Crippen LogP contribution in [0.2, 0.25) is 0 Å². The van der Waals surface area contributed by atoms with Gasteiger partial charge in [0.1, 0.15) is 17.5 Å². The summed E-state index contributed by atoms with van der Waals surface area (Å²) in [5, 5.41) is 13.5. The van der Waals surface area contributed by atoms with Gasteiger partial charge in [-0.05, 0) is 19.8 Å². The van der Waals surface area contributed by atoms with Crippen LogP contribution in [0.1, 0.15) is 44.0 Å². The van der Waals surface area contributed by atoms with Crippen LogP contribution in [0.25, 0.3) is 0 Å². The predicted molar refractivity (Wildman–Crippen MR) is 72.5 cm³/mol. The second-order valence-electron chi connectivity index (χ2n) is 5.14. The molecule has 5 nitrogen and oxygen atoms in total. The van der Waals surface area contributed by atoms with E-state index < -0.39 is 5.60 Å². The van der Waals surface area contributed by atoms with Gasteiger partial charge in [-0.1, -0.05) is 19.8 Å². The highest BCUT2D eigenvalue weighted by atomic mass is 16.3. The van der Waals surface area contributed by atoms with Gasteiger partial charge in [0, 0.05) is 18.5 Å². The third-order valence-electron chi connectivity index (χ3n) is 3.67. The maximum absolute atomic E-state index is 10.3. The fraction of sp³-hybridized carbons (Fsp3) is 0.692. The summed E-state index contributed by atoms with van der Waals surface area (Å²) >= 11 is 0. The van der Waals surface area contributed by atoms with Crippen molar-refractivity contribution in [1.82, 2.24) is 9.97 Å². The van der Waals surface area contributed by atoms with E-state index in [0.717, 1.165) is 49.3 Å². The molecule has 0 saturated heterocycles. The summed E-state index contributed by atoms with van der Waals surface area (Å²) in [7, 11) is 0. The molecule has 0 radical (unpaired) electrons. The van der Waals surface area contributed by atoms with Crippen molar-refractivity contribution < 1.29 is 5.11 Å². The number of nitrogens with zero attached hydrogens (tertiary/aromatic N) is 2. The molecule has 1 aromatic rings. The molecule has 2 rings (SSSR count). The number of aromatic nitrogens is 2. The lowest BCUT2D eigenvalue weighted by Crippen LogP contribution is -2.34. The van der Waals surface area contributed by atoms with Gasteiger partial charge in [0.15, 0.2) is 0 Å². The van der Waals surface area contributed by atoms with E-state index in [1.807, 2.05) is 13.8 Å². The van der Waals surface area contributed by atoms with E-state index in [9.17, 15) is 5.11 Å². The van der Waals surface area contributed by atoms with Crippen LogP contribution in [0.5, 0.6) is 0 Å². The minimum atomic E-state index is -0.585. The van der Waals surface area contributed by atoms with E-state index in [1.165, 1.54) is 0 Å². The van der Waals surface area contributed by atoms with E-state index in [2.05, 4.69) is 15.3 Å². The third-order valence-corrected chi connectivity index (χ3v) is 3.67. The van der Waals surface area contributed by atoms with Crippen molar-refractivity contribution in [2.75, 3.05) is 17.6 Å². The number of nitrogen functional groups attached to an aromatic ring is 1. The molecular weight excluding hydrogens is 228 g/mol. The first kappa shape index (κ1) is 13.1. The summed E-state index contributed by atoms with van der Waals surface area (Å²) in [4.78, 5) is 8.64. The van der Waals surface area contributed by atoms with E-state index in [-0.39, 0.29) is 0 Å². The van der Waals surface area contributed by atoms with Crippen LogP contribution in [0, 0.1) is 6.92 Å². The van der Waals surface area contributed by atoms with E-state index in [1.54, 1.807) is 0 Å². The van der Waals surface area contributed by atoms with E-state index in [4.69, 9.17) is 5.73 Å². The number of anilines is 2. The maximum Gasteiger partial charge on any atom is 0.134 e. The van der Waals surface area contributed by atoms with Gasteiger partial charge in [0.2, 0.25) is 0 Å². The summed E-state index contributed by atoms with van der Waals surface area (Å²) in [6.07, 6.45) is 4.68. The molecule has 0 amide bonds. The van der Waals surface area contributed by atoms with Gasteiger partial charge < -0.3 is 16.2 Å². The van der Waals surface area contributed by atoms with Gasteiger partial charge in [0.25, 0.3) is 0 Å². The molecule has 0 bridgehead atoms. The molecule has 1 saturated carbocycles. The molecule has 0 unspecified atom stereocenters. The number of hydrogen-bond donors (Lipinski definition) is 3. The van der Waals surface area contributed by atoms with Crippen molar-refractivity contribution in [3.63, 3.8) is 0 Å². The number of nitrogens with one attached hydrogen (secondary N) is 1. The molecule has 0 spiro atoms. The van der Waals surface area contributed by atoms with Crippen LogP contribution in [0.4, 0.5) is 11.6 Å². The lowest BCUT2D eigenvalue weighted by molar-refractivity contribution is 0.0614. The summed E-state index contributed by atoms with van der Waals surface area (Å²) < 4.78 is 0. The number of rotatable bonds is 4. The number of nitrogens with two attached hydrogens (primary N) is 1. The standard InChI is InChI=1S/C13H22N4O/c1-3-10-16-11(14)9(2)12(17-10)15-8-13(18)6-4-5-7-13/h18H,3-8H2,1-2H3,(H3,14,15,16,17). The second kappa shape index (κ2) is 5.10. The number of hydrogen-bond acceptors (Lipinski definition) is 5. The van der Waals surface area contributed by atoms with Crippen LogP contribution in [0.3, 0.4) is 0 Å². The van der Waals surface area contributed by atoms with Crippen molar-refractivity contribution in [3.05, 3.63) is 11.4 Å². The molecular formula is C13H22N4O. The lowest BCUT2D eigenvalue weighted by atomic mass is 10.0. The van der Waals surface area contributed by atoms with Gasteiger partial charge >= 0.3 is 0 Å². The zero-order chi connectivity index (χ0) is 13.2. The Hall–Kier alpha value is -1.36. The predicted octanol–water partition coefficient (Wildman–Crippen LogP) is 1.65. The van der Waals surface area contributed by atoms with Crippen molar-refractivity contribution in [3.8, 4) is 0 Å². The van der Waals surface area contributed by atoms with Crippen molar-refractivity contribution >= 4 is 11.6 Å². The molecule has 0 aromatic carbocycles. The fourth-order valence-electron chi connectivity index (χ4n) is 2.37. The molecule has 1 fully saturated rings. The van der Waals surface area contributed by atoms with Crippen LogP contribution < -0.4 is 11.1 Å².